The lowest BCUT2D eigenvalue weighted by atomic mass is 9.99. The Kier molecular flexibility index (Phi) is 2.26. The molecule has 0 spiro atoms. The summed E-state index contributed by atoms with van der Waals surface area (Å²) in [5.41, 5.74) is 1.71. The Labute approximate surface area is 77.4 Å². The van der Waals surface area contributed by atoms with Crippen LogP contribution in [0.3, 0.4) is 0 Å². The number of benzene rings is 1. The minimum Gasteiger partial charge on any atom is -0.206 e. The maximum atomic E-state index is 13.3. The third-order valence-electron chi connectivity index (χ3n) is 2.18. The molecular formula is C12H11F. The van der Waals surface area contributed by atoms with Gasteiger partial charge in [-0.15, -0.1) is 0 Å². The Bertz CT molecular complexity index is 361. The summed E-state index contributed by atoms with van der Waals surface area (Å²) < 4.78 is 13.3. The van der Waals surface area contributed by atoms with Crippen LogP contribution in [0, 0.1) is 5.82 Å². The Morgan fingerprint density at radius 1 is 1.08 bits per heavy atom. The van der Waals surface area contributed by atoms with E-state index < -0.39 is 0 Å². The predicted octanol–water partition coefficient (Wildman–Crippen LogP) is 3.56. The van der Waals surface area contributed by atoms with E-state index in [2.05, 4.69) is 12.2 Å². The SMILES string of the molecule is Fc1ccccc1C1=CCCC=C1. The number of hydrogen-bond donors (Lipinski definition) is 0. The van der Waals surface area contributed by atoms with Crippen LogP contribution < -0.4 is 0 Å². The number of rotatable bonds is 1. The molecule has 1 aromatic rings. The van der Waals surface area contributed by atoms with E-state index in [-0.39, 0.29) is 5.82 Å². The van der Waals surface area contributed by atoms with Crippen LogP contribution in [0.5, 0.6) is 0 Å². The van der Waals surface area contributed by atoms with Crippen LogP contribution >= 0.6 is 0 Å². The van der Waals surface area contributed by atoms with Gasteiger partial charge in [-0.2, -0.15) is 0 Å². The molecule has 2 rings (SSSR count). The van der Waals surface area contributed by atoms with Crippen molar-refractivity contribution >= 4 is 5.57 Å². The average Bonchev–Trinajstić information content (AvgIpc) is 2.20. The van der Waals surface area contributed by atoms with E-state index in [1.54, 1.807) is 6.07 Å². The third kappa shape index (κ3) is 1.69. The van der Waals surface area contributed by atoms with E-state index in [4.69, 9.17) is 0 Å². The summed E-state index contributed by atoms with van der Waals surface area (Å²) in [4.78, 5) is 0. The maximum Gasteiger partial charge on any atom is 0.131 e. The highest BCUT2D eigenvalue weighted by Crippen LogP contribution is 2.23. The van der Waals surface area contributed by atoms with E-state index >= 15 is 0 Å². The van der Waals surface area contributed by atoms with Gasteiger partial charge in [-0.1, -0.05) is 36.4 Å². The molecule has 0 saturated heterocycles. The Hall–Kier alpha value is -1.37. The van der Waals surface area contributed by atoms with E-state index in [0.29, 0.717) is 5.56 Å². The summed E-state index contributed by atoms with van der Waals surface area (Å²) >= 11 is 0. The average molecular weight is 174 g/mol. The standard InChI is InChI=1S/C12H11F/c13-12-9-5-4-8-11(12)10-6-2-1-3-7-10/h2,4-9H,1,3H2. The van der Waals surface area contributed by atoms with E-state index in [1.807, 2.05) is 18.2 Å². The van der Waals surface area contributed by atoms with Gasteiger partial charge < -0.3 is 0 Å². The number of hydrogen-bond acceptors (Lipinski definition) is 0. The van der Waals surface area contributed by atoms with Gasteiger partial charge >= 0.3 is 0 Å². The van der Waals surface area contributed by atoms with Gasteiger partial charge in [0.2, 0.25) is 0 Å². The van der Waals surface area contributed by atoms with Gasteiger partial charge in [-0.25, -0.2) is 4.39 Å². The van der Waals surface area contributed by atoms with Crippen molar-refractivity contribution in [1.29, 1.82) is 0 Å². The largest absolute Gasteiger partial charge is 0.206 e. The highest BCUT2D eigenvalue weighted by Gasteiger charge is 2.05. The lowest BCUT2D eigenvalue weighted by Gasteiger charge is -2.07. The van der Waals surface area contributed by atoms with Crippen LogP contribution in [0.2, 0.25) is 0 Å². The fourth-order valence-corrected chi connectivity index (χ4v) is 1.51. The molecule has 0 saturated carbocycles. The minimum atomic E-state index is -0.139. The molecule has 0 fully saturated rings. The van der Waals surface area contributed by atoms with Crippen molar-refractivity contribution in [2.45, 2.75) is 12.8 Å². The summed E-state index contributed by atoms with van der Waals surface area (Å²) in [5.74, 6) is -0.139. The summed E-state index contributed by atoms with van der Waals surface area (Å²) in [6, 6.07) is 6.89. The molecule has 13 heavy (non-hydrogen) atoms. The van der Waals surface area contributed by atoms with Crippen LogP contribution in [-0.2, 0) is 0 Å². The fraction of sp³-hybridized carbons (Fsp3) is 0.167. The van der Waals surface area contributed by atoms with Crippen molar-refractivity contribution < 1.29 is 4.39 Å². The first-order valence-electron chi connectivity index (χ1n) is 4.49. The first-order chi connectivity index (χ1) is 6.38. The predicted molar refractivity (Wildman–Crippen MR) is 52.8 cm³/mol. The topological polar surface area (TPSA) is 0 Å². The second-order valence-electron chi connectivity index (χ2n) is 3.12. The summed E-state index contributed by atoms with van der Waals surface area (Å²) in [6.07, 6.45) is 8.24. The zero-order valence-electron chi connectivity index (χ0n) is 7.33. The summed E-state index contributed by atoms with van der Waals surface area (Å²) in [7, 11) is 0. The second-order valence-corrected chi connectivity index (χ2v) is 3.12. The molecule has 1 aliphatic rings. The van der Waals surface area contributed by atoms with E-state index in [9.17, 15) is 4.39 Å². The summed E-state index contributed by atoms with van der Waals surface area (Å²) in [5, 5.41) is 0. The number of allylic oxidation sites excluding steroid dienone is 4. The molecule has 0 atom stereocenters. The molecule has 1 aliphatic carbocycles. The van der Waals surface area contributed by atoms with Crippen molar-refractivity contribution in [3.63, 3.8) is 0 Å². The molecule has 0 amide bonds. The van der Waals surface area contributed by atoms with Crippen molar-refractivity contribution in [2.24, 2.45) is 0 Å². The van der Waals surface area contributed by atoms with Gasteiger partial charge in [-0.05, 0) is 24.5 Å². The molecule has 0 heterocycles. The van der Waals surface area contributed by atoms with Crippen LogP contribution in [-0.4, -0.2) is 0 Å². The van der Waals surface area contributed by atoms with Crippen molar-refractivity contribution in [2.75, 3.05) is 0 Å². The first kappa shape index (κ1) is 8.24. The highest BCUT2D eigenvalue weighted by molar-refractivity contribution is 5.74. The molecule has 0 N–H and O–H groups in total. The van der Waals surface area contributed by atoms with Crippen LogP contribution in [0.4, 0.5) is 4.39 Å². The molecule has 66 valence electrons. The van der Waals surface area contributed by atoms with Gasteiger partial charge in [0.25, 0.3) is 0 Å². The molecular weight excluding hydrogens is 163 g/mol. The second kappa shape index (κ2) is 3.56. The maximum absolute atomic E-state index is 13.3. The Morgan fingerprint density at radius 3 is 2.62 bits per heavy atom. The van der Waals surface area contributed by atoms with Gasteiger partial charge in [0.15, 0.2) is 0 Å². The molecule has 0 aliphatic heterocycles. The van der Waals surface area contributed by atoms with E-state index in [1.165, 1.54) is 6.07 Å². The van der Waals surface area contributed by atoms with Gasteiger partial charge in [0.05, 0.1) is 0 Å². The van der Waals surface area contributed by atoms with E-state index in [0.717, 1.165) is 18.4 Å². The zero-order valence-corrected chi connectivity index (χ0v) is 7.33. The van der Waals surface area contributed by atoms with Crippen molar-refractivity contribution in [3.05, 3.63) is 53.9 Å². The lowest BCUT2D eigenvalue weighted by Crippen LogP contribution is -1.89. The molecule has 1 aromatic carbocycles. The molecule has 0 aromatic heterocycles. The Morgan fingerprint density at radius 2 is 1.92 bits per heavy atom. The van der Waals surface area contributed by atoms with Crippen molar-refractivity contribution in [3.8, 4) is 0 Å². The molecule has 0 radical (unpaired) electrons. The zero-order chi connectivity index (χ0) is 9.10. The summed E-state index contributed by atoms with van der Waals surface area (Å²) in [6.45, 7) is 0. The molecule has 0 bridgehead atoms. The normalized spacial score (nSPS) is 15.6. The highest BCUT2D eigenvalue weighted by atomic mass is 19.1. The smallest absolute Gasteiger partial charge is 0.131 e. The first-order valence-corrected chi connectivity index (χ1v) is 4.49. The van der Waals surface area contributed by atoms with Crippen LogP contribution in [0.25, 0.3) is 5.57 Å². The van der Waals surface area contributed by atoms with Crippen LogP contribution in [0.15, 0.2) is 42.5 Å². The van der Waals surface area contributed by atoms with Gasteiger partial charge in [0.1, 0.15) is 5.82 Å². The molecule has 1 heteroatoms. The third-order valence-corrected chi connectivity index (χ3v) is 2.18. The molecule has 0 nitrogen and oxygen atoms in total. The Balaban J connectivity index is 2.40. The number of halogens is 1. The van der Waals surface area contributed by atoms with Crippen molar-refractivity contribution in [1.82, 2.24) is 0 Å². The molecule has 0 unspecified atom stereocenters. The lowest BCUT2D eigenvalue weighted by molar-refractivity contribution is 0.624. The van der Waals surface area contributed by atoms with Gasteiger partial charge in [0, 0.05) is 5.56 Å². The quantitative estimate of drug-likeness (QED) is 0.610. The fourth-order valence-electron chi connectivity index (χ4n) is 1.51. The van der Waals surface area contributed by atoms with Crippen LogP contribution in [0.1, 0.15) is 18.4 Å². The minimum absolute atomic E-state index is 0.139. The van der Waals surface area contributed by atoms with Gasteiger partial charge in [-0.3, -0.25) is 0 Å². The monoisotopic (exact) mass is 174 g/mol.